The number of nitrogens with zero attached hydrogens (tertiary/aromatic N) is 3. The smallest absolute Gasteiger partial charge is 0.277 e. The van der Waals surface area contributed by atoms with E-state index in [0.717, 1.165) is 4.31 Å². The van der Waals surface area contributed by atoms with Crippen LogP contribution in [0, 0.1) is 0 Å². The molecule has 0 atom stereocenters. The molecule has 1 aromatic heterocycles. The molecular formula is C4H8N4O3S. The maximum Gasteiger partial charge on any atom is 0.277 e. The van der Waals surface area contributed by atoms with Crippen LogP contribution in [-0.4, -0.2) is 29.9 Å². The molecule has 1 heterocycles. The molecule has 7 nitrogen and oxygen atoms in total. The van der Waals surface area contributed by atoms with Crippen molar-refractivity contribution in [3.05, 3.63) is 12.2 Å². The van der Waals surface area contributed by atoms with E-state index in [1.54, 1.807) is 0 Å². The Morgan fingerprint density at radius 1 is 1.75 bits per heavy atom. The fourth-order valence-corrected chi connectivity index (χ4v) is 0.836. The van der Waals surface area contributed by atoms with Crippen molar-refractivity contribution < 1.29 is 12.9 Å². The highest BCUT2D eigenvalue weighted by Gasteiger charge is 2.14. The van der Waals surface area contributed by atoms with Crippen LogP contribution in [0.25, 0.3) is 0 Å². The highest BCUT2D eigenvalue weighted by Crippen LogP contribution is 1.99. The van der Waals surface area contributed by atoms with Gasteiger partial charge in [-0.2, -0.15) is 17.7 Å². The van der Waals surface area contributed by atoms with Crippen molar-refractivity contribution >= 4 is 10.2 Å². The summed E-state index contributed by atoms with van der Waals surface area (Å²) < 4.78 is 26.8. The number of nitrogens with two attached hydrogens (primary N) is 1. The fourth-order valence-electron chi connectivity index (χ4n) is 0.546. The Balaban J connectivity index is 2.66. The van der Waals surface area contributed by atoms with Crippen molar-refractivity contribution in [2.75, 3.05) is 7.05 Å². The summed E-state index contributed by atoms with van der Waals surface area (Å²) in [5, 5.41) is 8.11. The molecule has 12 heavy (non-hydrogen) atoms. The quantitative estimate of drug-likeness (QED) is 0.641. The Bertz CT molecular complexity index is 331. The molecule has 1 rings (SSSR count). The zero-order chi connectivity index (χ0) is 9.19. The molecule has 0 spiro atoms. The van der Waals surface area contributed by atoms with Gasteiger partial charge in [0.1, 0.15) is 0 Å². The molecule has 0 saturated heterocycles. The number of hydrogen-bond donors (Lipinski definition) is 1. The predicted octanol–water partition coefficient (Wildman–Crippen LogP) is -1.30. The molecule has 0 aliphatic carbocycles. The third-order valence-electron chi connectivity index (χ3n) is 1.20. The van der Waals surface area contributed by atoms with Gasteiger partial charge in [-0.1, -0.05) is 5.16 Å². The van der Waals surface area contributed by atoms with Crippen molar-refractivity contribution in [2.45, 2.75) is 6.54 Å². The van der Waals surface area contributed by atoms with Crippen LogP contribution in [0.15, 0.2) is 10.9 Å². The molecule has 0 bridgehead atoms. The highest BCUT2D eigenvalue weighted by molar-refractivity contribution is 7.86. The SMILES string of the molecule is CN(Cc1ncno1)S(N)(=O)=O. The fraction of sp³-hybridized carbons (Fsp3) is 0.500. The van der Waals surface area contributed by atoms with Gasteiger partial charge in [0, 0.05) is 7.05 Å². The summed E-state index contributed by atoms with van der Waals surface area (Å²) in [7, 11) is -2.35. The second-order valence-corrected chi connectivity index (χ2v) is 3.79. The van der Waals surface area contributed by atoms with E-state index in [1.165, 1.54) is 13.4 Å². The summed E-state index contributed by atoms with van der Waals surface area (Å²) in [5.41, 5.74) is 0. The van der Waals surface area contributed by atoms with Gasteiger partial charge < -0.3 is 4.52 Å². The van der Waals surface area contributed by atoms with E-state index in [0.29, 0.717) is 0 Å². The summed E-state index contributed by atoms with van der Waals surface area (Å²) in [5.74, 6) is 0.200. The molecule has 0 fully saturated rings. The molecule has 8 heteroatoms. The molecule has 0 amide bonds. The van der Waals surface area contributed by atoms with E-state index in [4.69, 9.17) is 5.14 Å². The van der Waals surface area contributed by atoms with Crippen LogP contribution in [0.5, 0.6) is 0 Å². The van der Waals surface area contributed by atoms with Gasteiger partial charge in [-0.25, -0.2) is 5.14 Å². The lowest BCUT2D eigenvalue weighted by Crippen LogP contribution is -2.32. The van der Waals surface area contributed by atoms with E-state index in [2.05, 4.69) is 14.7 Å². The monoisotopic (exact) mass is 192 g/mol. The zero-order valence-corrected chi connectivity index (χ0v) is 7.15. The molecular weight excluding hydrogens is 184 g/mol. The van der Waals surface area contributed by atoms with Gasteiger partial charge in [0.2, 0.25) is 5.89 Å². The van der Waals surface area contributed by atoms with Crippen molar-refractivity contribution in [1.82, 2.24) is 14.4 Å². The average Bonchev–Trinajstić information content (AvgIpc) is 2.37. The lowest BCUT2D eigenvalue weighted by molar-refractivity contribution is 0.336. The summed E-state index contributed by atoms with van der Waals surface area (Å²) in [6.07, 6.45) is 1.19. The Morgan fingerprint density at radius 2 is 2.42 bits per heavy atom. The Kier molecular flexibility index (Phi) is 2.40. The van der Waals surface area contributed by atoms with Crippen LogP contribution in [0.2, 0.25) is 0 Å². The second kappa shape index (κ2) is 3.17. The standard InChI is InChI=1S/C4H8N4O3S/c1-8(12(5,9)10)2-4-6-3-7-11-4/h3H,2H2,1H3,(H2,5,9,10). The highest BCUT2D eigenvalue weighted by atomic mass is 32.2. The van der Waals surface area contributed by atoms with Crippen LogP contribution < -0.4 is 5.14 Å². The topological polar surface area (TPSA) is 102 Å². The Hall–Kier alpha value is -0.990. The van der Waals surface area contributed by atoms with Gasteiger partial charge in [-0.15, -0.1) is 0 Å². The van der Waals surface area contributed by atoms with Crippen LogP contribution >= 0.6 is 0 Å². The maximum absolute atomic E-state index is 10.7. The van der Waals surface area contributed by atoms with Crippen molar-refractivity contribution in [1.29, 1.82) is 0 Å². The van der Waals surface area contributed by atoms with Crippen molar-refractivity contribution in [3.63, 3.8) is 0 Å². The largest absolute Gasteiger partial charge is 0.338 e. The first-order valence-electron chi connectivity index (χ1n) is 3.00. The maximum atomic E-state index is 10.7. The lowest BCUT2D eigenvalue weighted by atomic mass is 10.6. The van der Waals surface area contributed by atoms with Crippen molar-refractivity contribution in [2.24, 2.45) is 5.14 Å². The van der Waals surface area contributed by atoms with Crippen LogP contribution in [-0.2, 0) is 16.8 Å². The summed E-state index contributed by atoms with van der Waals surface area (Å²) >= 11 is 0. The molecule has 0 aromatic carbocycles. The molecule has 1 aromatic rings. The van der Waals surface area contributed by atoms with Crippen LogP contribution in [0.4, 0.5) is 0 Å². The van der Waals surface area contributed by atoms with E-state index in [1.807, 2.05) is 0 Å². The Morgan fingerprint density at radius 3 is 2.83 bits per heavy atom. The van der Waals surface area contributed by atoms with Gasteiger partial charge in [-0.05, 0) is 0 Å². The molecule has 0 unspecified atom stereocenters. The minimum Gasteiger partial charge on any atom is -0.338 e. The van der Waals surface area contributed by atoms with Gasteiger partial charge in [0.25, 0.3) is 10.2 Å². The van der Waals surface area contributed by atoms with E-state index in [-0.39, 0.29) is 12.4 Å². The number of hydrogen-bond acceptors (Lipinski definition) is 5. The third kappa shape index (κ3) is 2.26. The first-order valence-corrected chi connectivity index (χ1v) is 4.50. The molecule has 0 saturated carbocycles. The van der Waals surface area contributed by atoms with E-state index in [9.17, 15) is 8.42 Å². The summed E-state index contributed by atoms with van der Waals surface area (Å²) in [4.78, 5) is 3.63. The second-order valence-electron chi connectivity index (χ2n) is 2.14. The Labute approximate surface area is 69.3 Å². The lowest BCUT2D eigenvalue weighted by Gasteiger charge is -2.09. The molecule has 0 radical (unpaired) electrons. The number of rotatable bonds is 3. The average molecular weight is 192 g/mol. The van der Waals surface area contributed by atoms with Crippen LogP contribution in [0.1, 0.15) is 5.89 Å². The van der Waals surface area contributed by atoms with Crippen LogP contribution in [0.3, 0.4) is 0 Å². The number of aromatic nitrogens is 2. The summed E-state index contributed by atoms with van der Waals surface area (Å²) in [6, 6.07) is 0. The van der Waals surface area contributed by atoms with E-state index < -0.39 is 10.2 Å². The first kappa shape index (κ1) is 9.10. The molecule has 2 N–H and O–H groups in total. The first-order chi connectivity index (χ1) is 5.50. The minimum absolute atomic E-state index is 0.0150. The van der Waals surface area contributed by atoms with Gasteiger partial charge in [0.05, 0.1) is 6.54 Å². The zero-order valence-electron chi connectivity index (χ0n) is 6.34. The predicted molar refractivity (Wildman–Crippen MR) is 38.9 cm³/mol. The molecule has 0 aliphatic heterocycles. The molecule has 0 aliphatic rings. The van der Waals surface area contributed by atoms with Gasteiger partial charge >= 0.3 is 0 Å². The molecule has 68 valence electrons. The van der Waals surface area contributed by atoms with E-state index >= 15 is 0 Å². The normalized spacial score (nSPS) is 12.2. The van der Waals surface area contributed by atoms with Crippen molar-refractivity contribution in [3.8, 4) is 0 Å². The third-order valence-corrected chi connectivity index (χ3v) is 2.20. The van der Waals surface area contributed by atoms with Gasteiger partial charge in [-0.3, -0.25) is 0 Å². The van der Waals surface area contributed by atoms with Gasteiger partial charge in [0.15, 0.2) is 6.33 Å². The minimum atomic E-state index is -3.67. The summed E-state index contributed by atoms with van der Waals surface area (Å²) in [6.45, 7) is -0.0150.